The first-order valence-electron chi connectivity index (χ1n) is 16.4. The van der Waals surface area contributed by atoms with Gasteiger partial charge in [0.2, 0.25) is 0 Å². The van der Waals surface area contributed by atoms with Crippen LogP contribution in [0.5, 0.6) is 0 Å². The molecule has 0 saturated heterocycles. The maximum Gasteiger partial charge on any atom is -0.147 e. The molecule has 0 saturated carbocycles. The first-order valence-corrected chi connectivity index (χ1v) is 20.3. The van der Waals surface area contributed by atoms with Crippen molar-refractivity contribution < 1.29 is 21.3 Å². The number of allylic oxidation sites excluding steroid dienone is 4. The average molecular weight is 729 g/mol. The van der Waals surface area contributed by atoms with Crippen LogP contribution in [0.2, 0.25) is 0 Å². The first-order chi connectivity index (χ1) is 20.9. The minimum Gasteiger partial charge on any atom is -0.147 e. The molecule has 6 rings (SSSR count). The molecule has 240 valence electrons. The Morgan fingerprint density at radius 1 is 0.630 bits per heavy atom. The number of fused-ring (bicyclic) bond motifs is 3. The van der Waals surface area contributed by atoms with Crippen molar-refractivity contribution in [2.45, 2.75) is 88.1 Å². The SMILES string of the molecule is CC([C](C(C)c1ccccc1)=[Zr]([C]1=CC=CC1)[CH]1c2ccc(C(C)(C)C)cc2-c2cc(C(C)(C)C)ccc21)c1ccccc1.Cl.Cl. The number of rotatable bonds is 6. The van der Waals surface area contributed by atoms with Crippen LogP contribution in [0.3, 0.4) is 0 Å². The van der Waals surface area contributed by atoms with Gasteiger partial charge in [0.05, 0.1) is 0 Å². The van der Waals surface area contributed by atoms with Crippen molar-refractivity contribution in [3.63, 3.8) is 0 Å². The second kappa shape index (κ2) is 14.4. The van der Waals surface area contributed by atoms with Crippen molar-refractivity contribution in [1.82, 2.24) is 0 Å². The molecule has 4 aromatic carbocycles. The molecule has 0 spiro atoms. The second-order valence-electron chi connectivity index (χ2n) is 15.0. The monoisotopic (exact) mass is 726 g/mol. The zero-order valence-corrected chi connectivity index (χ0v) is 32.8. The van der Waals surface area contributed by atoms with E-state index in [2.05, 4.69) is 171 Å². The average Bonchev–Trinajstić information content (AvgIpc) is 3.65. The molecular weight excluding hydrogens is 679 g/mol. The molecule has 0 radical (unpaired) electrons. The van der Waals surface area contributed by atoms with Gasteiger partial charge in [0.1, 0.15) is 0 Å². The summed E-state index contributed by atoms with van der Waals surface area (Å²) in [5.74, 6) is 0.773. The Bertz CT molecular complexity index is 1650. The van der Waals surface area contributed by atoms with Crippen LogP contribution < -0.4 is 0 Å². The summed E-state index contributed by atoms with van der Waals surface area (Å²) < 4.78 is 4.00. The Kier molecular flexibility index (Phi) is 11.5. The molecule has 0 aromatic heterocycles. The van der Waals surface area contributed by atoms with E-state index in [1.807, 2.05) is 3.21 Å². The fraction of sp³-hybridized carbons (Fsp3) is 0.326. The van der Waals surface area contributed by atoms with Crippen LogP contribution in [0, 0.1) is 0 Å². The van der Waals surface area contributed by atoms with E-state index in [0.717, 1.165) is 6.42 Å². The quantitative estimate of drug-likeness (QED) is 0.185. The van der Waals surface area contributed by atoms with Gasteiger partial charge in [-0.1, -0.05) is 0 Å². The molecule has 0 bridgehead atoms. The Morgan fingerprint density at radius 2 is 1.07 bits per heavy atom. The van der Waals surface area contributed by atoms with Crippen molar-refractivity contribution in [2.24, 2.45) is 0 Å². The van der Waals surface area contributed by atoms with E-state index in [4.69, 9.17) is 0 Å². The van der Waals surface area contributed by atoms with Gasteiger partial charge in [-0.2, -0.15) is 0 Å². The first kappa shape index (κ1) is 36.5. The summed E-state index contributed by atoms with van der Waals surface area (Å²) in [4.78, 5) is 0. The van der Waals surface area contributed by atoms with E-state index >= 15 is 0 Å². The van der Waals surface area contributed by atoms with Crippen molar-refractivity contribution >= 4 is 28.0 Å². The summed E-state index contributed by atoms with van der Waals surface area (Å²) in [5.41, 5.74) is 12.0. The van der Waals surface area contributed by atoms with Crippen LogP contribution in [0.25, 0.3) is 11.1 Å². The standard InChI is InChI=1S/C21H25.C17H18.C5H5.2ClH.Zr/c1-20(2,3)16-9-7-14-11-15-8-10-17(21(4,5)6)13-19(15)18(14)12-16;1-14(16-9-5-3-6-10-16)13-15(2)17-11-7-4-8-12-17;1-2-4-5-3-1;;;/h7-13H,1-6H3;3-12,14-15H,1-2H3;1-3H,4H2;2*1H;. The molecule has 0 heterocycles. The summed E-state index contributed by atoms with van der Waals surface area (Å²) in [7, 11) is 0. The zero-order valence-electron chi connectivity index (χ0n) is 28.7. The van der Waals surface area contributed by atoms with Gasteiger partial charge in [-0.05, 0) is 0 Å². The Morgan fingerprint density at radius 3 is 1.43 bits per heavy atom. The molecule has 4 aromatic rings. The topological polar surface area (TPSA) is 0 Å². The van der Waals surface area contributed by atoms with Gasteiger partial charge in [-0.15, -0.1) is 24.8 Å². The largest absolute Gasteiger partial charge is 0.147 e. The van der Waals surface area contributed by atoms with Crippen LogP contribution in [0.15, 0.2) is 119 Å². The van der Waals surface area contributed by atoms with Gasteiger partial charge in [0, 0.05) is 0 Å². The Hall–Kier alpha value is -2.31. The molecule has 2 atom stereocenters. The Balaban J connectivity index is 0.00000240. The van der Waals surface area contributed by atoms with Gasteiger partial charge < -0.3 is 0 Å². The molecule has 0 aliphatic heterocycles. The molecule has 0 fully saturated rings. The summed E-state index contributed by atoms with van der Waals surface area (Å²) in [6.45, 7) is 19.1. The fourth-order valence-corrected chi connectivity index (χ4v) is 17.4. The van der Waals surface area contributed by atoms with Crippen molar-refractivity contribution in [3.8, 4) is 11.1 Å². The normalized spacial score (nSPS) is 15.2. The molecular formula is C43H50Cl2Zr. The predicted molar refractivity (Wildman–Crippen MR) is 202 cm³/mol. The third-order valence-electron chi connectivity index (χ3n) is 10.00. The van der Waals surface area contributed by atoms with Crippen molar-refractivity contribution in [1.29, 1.82) is 0 Å². The third-order valence-corrected chi connectivity index (χ3v) is 19.2. The van der Waals surface area contributed by atoms with Gasteiger partial charge in [-0.3, -0.25) is 0 Å². The van der Waals surface area contributed by atoms with Crippen LogP contribution in [0.4, 0.5) is 0 Å². The number of benzene rings is 4. The molecule has 2 aliphatic carbocycles. The number of halogens is 2. The van der Waals surface area contributed by atoms with E-state index < -0.39 is 21.3 Å². The summed E-state index contributed by atoms with van der Waals surface area (Å²) >= 11 is -2.64. The van der Waals surface area contributed by atoms with Gasteiger partial charge in [0.15, 0.2) is 0 Å². The summed E-state index contributed by atoms with van der Waals surface area (Å²) in [6.07, 6.45) is 8.34. The van der Waals surface area contributed by atoms with E-state index in [1.54, 1.807) is 14.4 Å². The molecule has 0 amide bonds. The molecule has 0 nitrogen and oxygen atoms in total. The summed E-state index contributed by atoms with van der Waals surface area (Å²) in [6, 6.07) is 37.6. The van der Waals surface area contributed by atoms with Gasteiger partial charge in [0.25, 0.3) is 0 Å². The maximum absolute atomic E-state index is 2.64. The zero-order chi connectivity index (χ0) is 31.2. The molecule has 2 unspecified atom stereocenters. The Labute approximate surface area is 298 Å². The summed E-state index contributed by atoms with van der Waals surface area (Å²) in [5, 5.41) is 0. The fourth-order valence-electron chi connectivity index (χ4n) is 7.36. The van der Waals surface area contributed by atoms with E-state index in [9.17, 15) is 0 Å². The molecule has 0 N–H and O–H groups in total. The third kappa shape index (κ3) is 7.09. The van der Waals surface area contributed by atoms with E-state index in [1.165, 1.54) is 33.4 Å². The van der Waals surface area contributed by atoms with Crippen LogP contribution >= 0.6 is 24.8 Å². The van der Waals surface area contributed by atoms with E-state index in [-0.39, 0.29) is 35.6 Å². The number of hydrogen-bond donors (Lipinski definition) is 0. The van der Waals surface area contributed by atoms with Gasteiger partial charge in [-0.25, -0.2) is 0 Å². The maximum atomic E-state index is 2.55. The van der Waals surface area contributed by atoms with Crippen LogP contribution in [-0.4, -0.2) is 3.21 Å². The number of hydrogen-bond acceptors (Lipinski definition) is 0. The van der Waals surface area contributed by atoms with Crippen LogP contribution in [-0.2, 0) is 32.1 Å². The molecule has 2 aliphatic rings. The smallest absolute Gasteiger partial charge is 0.147 e. The predicted octanol–water partition coefficient (Wildman–Crippen LogP) is 12.4. The second-order valence-corrected chi connectivity index (χ2v) is 21.4. The molecule has 46 heavy (non-hydrogen) atoms. The minimum absolute atomic E-state index is 0. The molecule has 3 heteroatoms. The van der Waals surface area contributed by atoms with Crippen molar-refractivity contribution in [3.05, 3.63) is 152 Å². The van der Waals surface area contributed by atoms with E-state index in [0.29, 0.717) is 15.5 Å². The van der Waals surface area contributed by atoms with Crippen LogP contribution in [0.1, 0.15) is 111 Å². The van der Waals surface area contributed by atoms with Gasteiger partial charge >= 0.3 is 276 Å². The van der Waals surface area contributed by atoms with Crippen molar-refractivity contribution in [2.75, 3.05) is 0 Å². The minimum atomic E-state index is -2.64.